The van der Waals surface area contributed by atoms with Crippen molar-refractivity contribution in [3.05, 3.63) is 88.7 Å². The van der Waals surface area contributed by atoms with Gasteiger partial charge in [-0.15, -0.1) is 0 Å². The summed E-state index contributed by atoms with van der Waals surface area (Å²) >= 11 is 0. The van der Waals surface area contributed by atoms with E-state index < -0.39 is 0 Å². The van der Waals surface area contributed by atoms with Gasteiger partial charge in [-0.2, -0.15) is 0 Å². The summed E-state index contributed by atoms with van der Waals surface area (Å²) in [5.74, 6) is -0.137. The van der Waals surface area contributed by atoms with Gasteiger partial charge in [0.05, 0.1) is 17.4 Å². The van der Waals surface area contributed by atoms with Crippen molar-refractivity contribution in [1.29, 1.82) is 0 Å². The van der Waals surface area contributed by atoms with E-state index in [1.807, 2.05) is 43.3 Å². The third-order valence-corrected chi connectivity index (χ3v) is 4.37. The van der Waals surface area contributed by atoms with E-state index in [-0.39, 0.29) is 5.91 Å². The van der Waals surface area contributed by atoms with Crippen molar-refractivity contribution in [3.63, 3.8) is 0 Å². The third-order valence-electron chi connectivity index (χ3n) is 4.37. The zero-order chi connectivity index (χ0) is 18.5. The average molecular weight is 345 g/mol. The van der Waals surface area contributed by atoms with Crippen LogP contribution in [0, 0.1) is 20.8 Å². The maximum atomic E-state index is 12.4. The predicted octanol–water partition coefficient (Wildman–Crippen LogP) is 4.68. The number of aromatic nitrogens is 1. The highest BCUT2D eigenvalue weighted by Gasteiger charge is 2.07. The number of pyridine rings is 1. The lowest BCUT2D eigenvalue weighted by molar-refractivity contribution is 0.0950. The molecule has 0 aliphatic rings. The standard InChI is InChI=1S/C22H23N3O/c1-15-4-7-18(8-5-15)12-24-22(26)19-11-21(14-23-13-19)25-20-9-6-16(2)17(3)10-20/h4-11,13-14,25H,12H2,1-3H3,(H,24,26). The van der Waals surface area contributed by atoms with Gasteiger partial charge in [-0.05, 0) is 55.7 Å². The fourth-order valence-electron chi connectivity index (χ4n) is 2.61. The largest absolute Gasteiger partial charge is 0.354 e. The van der Waals surface area contributed by atoms with Crippen LogP contribution in [0.15, 0.2) is 60.9 Å². The smallest absolute Gasteiger partial charge is 0.253 e. The van der Waals surface area contributed by atoms with Crippen LogP contribution < -0.4 is 10.6 Å². The molecule has 0 saturated heterocycles. The molecule has 0 spiro atoms. The van der Waals surface area contributed by atoms with Gasteiger partial charge in [0, 0.05) is 18.4 Å². The number of aryl methyl sites for hydroxylation is 3. The van der Waals surface area contributed by atoms with Crippen LogP contribution in [0.1, 0.15) is 32.6 Å². The van der Waals surface area contributed by atoms with Gasteiger partial charge in [0.15, 0.2) is 0 Å². The Bertz CT molecular complexity index is 917. The van der Waals surface area contributed by atoms with Crippen molar-refractivity contribution in [1.82, 2.24) is 10.3 Å². The van der Waals surface area contributed by atoms with E-state index in [9.17, 15) is 4.79 Å². The SMILES string of the molecule is Cc1ccc(CNC(=O)c2cncc(Nc3ccc(C)c(C)c3)c2)cc1. The minimum Gasteiger partial charge on any atom is -0.354 e. The zero-order valence-electron chi connectivity index (χ0n) is 15.3. The van der Waals surface area contributed by atoms with Crippen LogP contribution in [0.4, 0.5) is 11.4 Å². The number of benzene rings is 2. The number of hydrogen-bond acceptors (Lipinski definition) is 3. The number of carbonyl (C=O) groups is 1. The Morgan fingerprint density at radius 3 is 2.38 bits per heavy atom. The van der Waals surface area contributed by atoms with Crippen LogP contribution in [0.25, 0.3) is 0 Å². The Kier molecular flexibility index (Phi) is 5.32. The summed E-state index contributed by atoms with van der Waals surface area (Å²) in [6.07, 6.45) is 3.29. The first-order valence-electron chi connectivity index (χ1n) is 8.64. The number of anilines is 2. The lowest BCUT2D eigenvalue weighted by Crippen LogP contribution is -2.23. The molecule has 1 amide bonds. The first-order chi connectivity index (χ1) is 12.5. The maximum absolute atomic E-state index is 12.4. The molecular formula is C22H23N3O. The van der Waals surface area contributed by atoms with Gasteiger partial charge in [-0.25, -0.2) is 0 Å². The van der Waals surface area contributed by atoms with E-state index in [1.54, 1.807) is 12.4 Å². The number of carbonyl (C=O) groups excluding carboxylic acids is 1. The van der Waals surface area contributed by atoms with E-state index in [4.69, 9.17) is 0 Å². The molecule has 0 atom stereocenters. The Morgan fingerprint density at radius 2 is 1.65 bits per heavy atom. The van der Waals surface area contributed by atoms with Crippen LogP contribution in [0.5, 0.6) is 0 Å². The van der Waals surface area contributed by atoms with Gasteiger partial charge in [0.1, 0.15) is 0 Å². The van der Waals surface area contributed by atoms with Crippen LogP contribution in [-0.4, -0.2) is 10.9 Å². The van der Waals surface area contributed by atoms with E-state index in [1.165, 1.54) is 16.7 Å². The zero-order valence-corrected chi connectivity index (χ0v) is 15.3. The quantitative estimate of drug-likeness (QED) is 0.706. The predicted molar refractivity (Wildman–Crippen MR) is 106 cm³/mol. The van der Waals surface area contributed by atoms with Crippen LogP contribution >= 0.6 is 0 Å². The highest BCUT2D eigenvalue weighted by molar-refractivity contribution is 5.94. The first kappa shape index (κ1) is 17.7. The number of nitrogens with one attached hydrogen (secondary N) is 2. The fourth-order valence-corrected chi connectivity index (χ4v) is 2.61. The molecule has 132 valence electrons. The molecule has 0 aliphatic carbocycles. The Morgan fingerprint density at radius 1 is 0.885 bits per heavy atom. The summed E-state index contributed by atoms with van der Waals surface area (Å²) in [6, 6.07) is 16.1. The molecule has 2 aromatic carbocycles. The lowest BCUT2D eigenvalue weighted by Gasteiger charge is -2.10. The lowest BCUT2D eigenvalue weighted by atomic mass is 10.1. The van der Waals surface area contributed by atoms with Gasteiger partial charge in [0.25, 0.3) is 5.91 Å². The van der Waals surface area contributed by atoms with Crippen LogP contribution in [-0.2, 0) is 6.54 Å². The van der Waals surface area contributed by atoms with Gasteiger partial charge in [0.2, 0.25) is 0 Å². The van der Waals surface area contributed by atoms with E-state index >= 15 is 0 Å². The first-order valence-corrected chi connectivity index (χ1v) is 8.64. The van der Waals surface area contributed by atoms with E-state index in [0.717, 1.165) is 16.9 Å². The number of amides is 1. The second-order valence-corrected chi connectivity index (χ2v) is 6.55. The molecule has 4 nitrogen and oxygen atoms in total. The minimum atomic E-state index is -0.137. The van der Waals surface area contributed by atoms with Gasteiger partial charge >= 0.3 is 0 Å². The number of rotatable bonds is 5. The van der Waals surface area contributed by atoms with Crippen molar-refractivity contribution in [2.24, 2.45) is 0 Å². The summed E-state index contributed by atoms with van der Waals surface area (Å²) in [4.78, 5) is 16.6. The second-order valence-electron chi connectivity index (χ2n) is 6.55. The number of nitrogens with zero attached hydrogens (tertiary/aromatic N) is 1. The third kappa shape index (κ3) is 4.48. The van der Waals surface area contributed by atoms with Crippen molar-refractivity contribution in [3.8, 4) is 0 Å². The summed E-state index contributed by atoms with van der Waals surface area (Å²) in [6.45, 7) is 6.70. The average Bonchev–Trinajstić information content (AvgIpc) is 2.64. The van der Waals surface area contributed by atoms with Crippen LogP contribution in [0.3, 0.4) is 0 Å². The van der Waals surface area contributed by atoms with Gasteiger partial charge in [-0.3, -0.25) is 9.78 Å². The Labute approximate surface area is 154 Å². The Hall–Kier alpha value is -3.14. The normalized spacial score (nSPS) is 10.4. The molecular weight excluding hydrogens is 322 g/mol. The molecule has 4 heteroatoms. The molecule has 1 heterocycles. The summed E-state index contributed by atoms with van der Waals surface area (Å²) in [5, 5.41) is 6.24. The maximum Gasteiger partial charge on any atom is 0.253 e. The van der Waals surface area contributed by atoms with Crippen molar-refractivity contribution >= 4 is 17.3 Å². The molecule has 0 unspecified atom stereocenters. The highest BCUT2D eigenvalue weighted by atomic mass is 16.1. The number of hydrogen-bond donors (Lipinski definition) is 2. The molecule has 2 N–H and O–H groups in total. The molecule has 0 radical (unpaired) electrons. The molecule has 0 bridgehead atoms. The van der Waals surface area contributed by atoms with E-state index in [2.05, 4.69) is 41.6 Å². The molecule has 0 aliphatic heterocycles. The van der Waals surface area contributed by atoms with Crippen molar-refractivity contribution in [2.75, 3.05) is 5.32 Å². The fraction of sp³-hybridized carbons (Fsp3) is 0.182. The summed E-state index contributed by atoms with van der Waals surface area (Å²) < 4.78 is 0. The summed E-state index contributed by atoms with van der Waals surface area (Å²) in [5.41, 5.74) is 7.04. The molecule has 1 aromatic heterocycles. The topological polar surface area (TPSA) is 54.0 Å². The molecule has 3 aromatic rings. The van der Waals surface area contributed by atoms with Gasteiger partial charge < -0.3 is 10.6 Å². The Balaban J connectivity index is 1.66. The second kappa shape index (κ2) is 7.83. The van der Waals surface area contributed by atoms with Crippen molar-refractivity contribution < 1.29 is 4.79 Å². The van der Waals surface area contributed by atoms with E-state index in [0.29, 0.717) is 12.1 Å². The summed E-state index contributed by atoms with van der Waals surface area (Å²) in [7, 11) is 0. The monoisotopic (exact) mass is 345 g/mol. The molecule has 3 rings (SSSR count). The van der Waals surface area contributed by atoms with Gasteiger partial charge in [-0.1, -0.05) is 35.9 Å². The minimum absolute atomic E-state index is 0.137. The highest BCUT2D eigenvalue weighted by Crippen LogP contribution is 2.19. The molecule has 0 fully saturated rings. The molecule has 0 saturated carbocycles. The van der Waals surface area contributed by atoms with Crippen molar-refractivity contribution in [2.45, 2.75) is 27.3 Å². The molecule has 26 heavy (non-hydrogen) atoms. The van der Waals surface area contributed by atoms with Crippen LogP contribution in [0.2, 0.25) is 0 Å².